The Kier molecular flexibility index (Phi) is 6.95. The number of nitro benzene ring substituents is 1. The number of benzene rings is 1. The second-order valence-corrected chi connectivity index (χ2v) is 9.19. The van der Waals surface area contributed by atoms with Crippen LogP contribution in [-0.2, 0) is 18.3 Å². The summed E-state index contributed by atoms with van der Waals surface area (Å²) in [5.41, 5.74) is -1.64. The number of aromatic nitrogens is 2. The van der Waals surface area contributed by atoms with Crippen molar-refractivity contribution in [1.82, 2.24) is 9.55 Å². The summed E-state index contributed by atoms with van der Waals surface area (Å²) >= 11 is 0. The van der Waals surface area contributed by atoms with E-state index in [4.69, 9.17) is 13.8 Å². The minimum atomic E-state index is -3.82. The SMILES string of the molecule is CCOP(=O)(OCC)C(C)n1c(=O)c(=O)[nH]c2cc([N+](=O)[O-])c(N3CCOCC3)cc21. The number of hydrogen-bond acceptors (Lipinski definition) is 9. The van der Waals surface area contributed by atoms with Gasteiger partial charge in [0.05, 0.1) is 42.4 Å². The van der Waals surface area contributed by atoms with E-state index in [1.165, 1.54) is 19.1 Å². The first-order valence-electron chi connectivity index (χ1n) is 9.92. The number of hydrogen-bond donors (Lipinski definition) is 1. The predicted octanol–water partition coefficient (Wildman–Crippen LogP) is 2.22. The highest BCUT2D eigenvalue weighted by molar-refractivity contribution is 7.53. The summed E-state index contributed by atoms with van der Waals surface area (Å²) < 4.78 is 30.4. The Bertz CT molecular complexity index is 1130. The molecule has 2 aromatic rings. The number of fused-ring (bicyclic) bond motifs is 1. The van der Waals surface area contributed by atoms with Gasteiger partial charge < -0.3 is 23.7 Å². The fourth-order valence-electron chi connectivity index (χ4n) is 3.59. The highest BCUT2D eigenvalue weighted by Gasteiger charge is 2.36. The van der Waals surface area contributed by atoms with E-state index in [-0.39, 0.29) is 35.6 Å². The van der Waals surface area contributed by atoms with Crippen LogP contribution in [0, 0.1) is 10.1 Å². The van der Waals surface area contributed by atoms with Gasteiger partial charge in [-0.1, -0.05) is 0 Å². The number of nitro groups is 1. The van der Waals surface area contributed by atoms with Gasteiger partial charge in [0.25, 0.3) is 5.69 Å². The Morgan fingerprint density at radius 1 is 1.23 bits per heavy atom. The van der Waals surface area contributed by atoms with Crippen molar-refractivity contribution in [3.63, 3.8) is 0 Å². The summed E-state index contributed by atoms with van der Waals surface area (Å²) in [5.74, 6) is -1.14. The maximum Gasteiger partial charge on any atom is 0.353 e. The van der Waals surface area contributed by atoms with Crippen LogP contribution in [0.25, 0.3) is 11.0 Å². The quantitative estimate of drug-likeness (QED) is 0.273. The normalized spacial score (nSPS) is 15.9. The lowest BCUT2D eigenvalue weighted by molar-refractivity contribution is -0.384. The third-order valence-electron chi connectivity index (χ3n) is 5.01. The van der Waals surface area contributed by atoms with Gasteiger partial charge in [-0.3, -0.25) is 28.8 Å². The molecule has 1 atom stereocenters. The summed E-state index contributed by atoms with van der Waals surface area (Å²) in [6.07, 6.45) is 0. The van der Waals surface area contributed by atoms with E-state index in [0.717, 1.165) is 4.57 Å². The van der Waals surface area contributed by atoms with Crippen LogP contribution < -0.4 is 16.0 Å². The maximum atomic E-state index is 13.3. The molecule has 1 aromatic carbocycles. The van der Waals surface area contributed by atoms with Crippen molar-refractivity contribution in [2.45, 2.75) is 26.6 Å². The molecule has 0 aliphatic carbocycles. The molecule has 1 fully saturated rings. The molecule has 31 heavy (non-hydrogen) atoms. The average molecular weight is 456 g/mol. The van der Waals surface area contributed by atoms with Gasteiger partial charge in [0.1, 0.15) is 11.5 Å². The summed E-state index contributed by atoms with van der Waals surface area (Å²) in [4.78, 5) is 40.4. The molecule has 0 spiro atoms. The van der Waals surface area contributed by atoms with Crippen LogP contribution in [0.5, 0.6) is 0 Å². The van der Waals surface area contributed by atoms with Gasteiger partial charge in [0.2, 0.25) is 0 Å². The fraction of sp³-hybridized carbons (Fsp3) is 0.556. The Morgan fingerprint density at radius 2 is 1.84 bits per heavy atom. The molecule has 2 heterocycles. The van der Waals surface area contributed by atoms with Crippen LogP contribution in [0.15, 0.2) is 21.7 Å². The van der Waals surface area contributed by atoms with Crippen LogP contribution in [0.1, 0.15) is 26.6 Å². The first kappa shape index (κ1) is 23.1. The molecular formula is C18H25N4O8P. The molecule has 0 saturated carbocycles. The number of rotatable bonds is 8. The highest BCUT2D eigenvalue weighted by atomic mass is 31.2. The third kappa shape index (κ3) is 4.42. The van der Waals surface area contributed by atoms with Crippen LogP contribution >= 0.6 is 7.60 Å². The molecule has 3 rings (SSSR count). The van der Waals surface area contributed by atoms with Crippen molar-refractivity contribution in [2.24, 2.45) is 0 Å². The number of aromatic amines is 1. The molecule has 12 nitrogen and oxygen atoms in total. The predicted molar refractivity (Wildman–Crippen MR) is 114 cm³/mol. The largest absolute Gasteiger partial charge is 0.378 e. The molecule has 0 radical (unpaired) electrons. The molecule has 1 aliphatic heterocycles. The molecule has 1 N–H and O–H groups in total. The van der Waals surface area contributed by atoms with Crippen molar-refractivity contribution in [1.29, 1.82) is 0 Å². The molecule has 1 aromatic heterocycles. The van der Waals surface area contributed by atoms with Crippen LogP contribution in [-0.4, -0.2) is 54.0 Å². The van der Waals surface area contributed by atoms with Crippen molar-refractivity contribution >= 4 is 30.0 Å². The van der Waals surface area contributed by atoms with Crippen molar-refractivity contribution in [3.8, 4) is 0 Å². The molecule has 1 saturated heterocycles. The summed E-state index contributed by atoms with van der Waals surface area (Å²) in [6.45, 7) is 6.51. The Balaban J connectivity index is 2.31. The first-order valence-corrected chi connectivity index (χ1v) is 11.5. The van der Waals surface area contributed by atoms with E-state index in [1.807, 2.05) is 0 Å². The van der Waals surface area contributed by atoms with E-state index in [2.05, 4.69) is 4.98 Å². The first-order chi connectivity index (χ1) is 14.7. The lowest BCUT2D eigenvalue weighted by Crippen LogP contribution is -2.39. The van der Waals surface area contributed by atoms with E-state index < -0.39 is 29.4 Å². The minimum absolute atomic E-state index is 0.0692. The molecule has 170 valence electrons. The zero-order valence-corrected chi connectivity index (χ0v) is 18.4. The summed E-state index contributed by atoms with van der Waals surface area (Å²) in [7, 11) is -3.82. The van der Waals surface area contributed by atoms with Gasteiger partial charge in [-0.05, 0) is 26.8 Å². The Morgan fingerprint density at radius 3 is 2.39 bits per heavy atom. The van der Waals surface area contributed by atoms with Gasteiger partial charge in [0.15, 0.2) is 0 Å². The van der Waals surface area contributed by atoms with E-state index in [1.54, 1.807) is 18.7 Å². The number of nitrogens with one attached hydrogen (secondary N) is 1. The van der Waals surface area contributed by atoms with E-state index in [9.17, 15) is 24.3 Å². The second kappa shape index (κ2) is 9.31. The minimum Gasteiger partial charge on any atom is -0.378 e. The van der Waals surface area contributed by atoms with Crippen molar-refractivity contribution in [2.75, 3.05) is 44.4 Å². The molecule has 1 aliphatic rings. The maximum absolute atomic E-state index is 13.3. The molecule has 13 heteroatoms. The van der Waals surface area contributed by atoms with Crippen molar-refractivity contribution in [3.05, 3.63) is 43.0 Å². The van der Waals surface area contributed by atoms with Gasteiger partial charge in [-0.15, -0.1) is 0 Å². The molecule has 0 amide bonds. The monoisotopic (exact) mass is 456 g/mol. The van der Waals surface area contributed by atoms with Gasteiger partial charge in [0, 0.05) is 19.2 Å². The number of nitrogens with zero attached hydrogens (tertiary/aromatic N) is 3. The molecule has 0 bridgehead atoms. The fourth-order valence-corrected chi connectivity index (χ4v) is 5.33. The van der Waals surface area contributed by atoms with Crippen LogP contribution in [0.4, 0.5) is 11.4 Å². The highest BCUT2D eigenvalue weighted by Crippen LogP contribution is 2.58. The number of morpholine rings is 1. The van der Waals surface area contributed by atoms with E-state index >= 15 is 0 Å². The third-order valence-corrected chi connectivity index (χ3v) is 7.39. The van der Waals surface area contributed by atoms with Crippen LogP contribution in [0.3, 0.4) is 0 Å². The average Bonchev–Trinajstić information content (AvgIpc) is 2.74. The standard InChI is InChI=1S/C18H25N4O8P/c1-4-29-31(27,30-5-2)12(3)21-14-11-15(20-6-8-28-9-7-20)16(22(25)26)10-13(14)19-17(23)18(21)24/h10-12H,4-9H2,1-3H3,(H,19,23). The summed E-state index contributed by atoms with van der Waals surface area (Å²) in [6, 6.07) is 2.66. The topological polar surface area (TPSA) is 146 Å². The lowest BCUT2D eigenvalue weighted by Gasteiger charge is -2.29. The number of ether oxygens (including phenoxy) is 1. The Labute approximate surface area is 177 Å². The zero-order chi connectivity index (χ0) is 22.8. The van der Waals surface area contributed by atoms with Gasteiger partial charge in [-0.25, -0.2) is 0 Å². The van der Waals surface area contributed by atoms with Crippen molar-refractivity contribution < 1.29 is 23.3 Å². The number of H-pyrrole nitrogens is 1. The van der Waals surface area contributed by atoms with Gasteiger partial charge in [-0.2, -0.15) is 0 Å². The summed E-state index contributed by atoms with van der Waals surface area (Å²) in [5, 5.41) is 11.7. The smallest absolute Gasteiger partial charge is 0.353 e. The van der Waals surface area contributed by atoms with E-state index in [0.29, 0.717) is 26.3 Å². The van der Waals surface area contributed by atoms with Crippen LogP contribution in [0.2, 0.25) is 0 Å². The molecule has 1 unspecified atom stereocenters. The lowest BCUT2D eigenvalue weighted by atomic mass is 10.2. The number of anilines is 1. The second-order valence-electron chi connectivity index (χ2n) is 6.85. The van der Waals surface area contributed by atoms with Gasteiger partial charge >= 0.3 is 18.7 Å². The molecular weight excluding hydrogens is 431 g/mol. The Hall–Kier alpha value is -2.53. The zero-order valence-electron chi connectivity index (χ0n) is 17.5.